The number of aliphatic hydroxyl groups excluding tert-OH is 1. The lowest BCUT2D eigenvalue weighted by atomic mass is 10.1. The van der Waals surface area contributed by atoms with Crippen molar-refractivity contribution in [3.05, 3.63) is 35.9 Å². The fourth-order valence-electron chi connectivity index (χ4n) is 1.46. The van der Waals surface area contributed by atoms with Crippen LogP contribution in [0.25, 0.3) is 0 Å². The van der Waals surface area contributed by atoms with E-state index in [-0.39, 0.29) is 18.7 Å². The van der Waals surface area contributed by atoms with Gasteiger partial charge in [-0.05, 0) is 18.9 Å². The van der Waals surface area contributed by atoms with Crippen LogP contribution in [0.2, 0.25) is 0 Å². The Bertz CT molecular complexity index is 314. The summed E-state index contributed by atoms with van der Waals surface area (Å²) in [5, 5.41) is 14.5. The number of carbonyl (C=O) groups excluding carboxylic acids is 1. The van der Waals surface area contributed by atoms with Crippen molar-refractivity contribution in [3.63, 3.8) is 0 Å². The van der Waals surface area contributed by atoms with Crippen molar-refractivity contribution in [1.82, 2.24) is 10.6 Å². The number of rotatable bonds is 5. The van der Waals surface area contributed by atoms with E-state index >= 15 is 0 Å². The van der Waals surface area contributed by atoms with Crippen LogP contribution in [0.1, 0.15) is 12.5 Å². The molecular formula is C12H18N2O2. The molecule has 2 amide bonds. The number of amides is 2. The van der Waals surface area contributed by atoms with Crippen LogP contribution in [0.15, 0.2) is 30.3 Å². The number of nitrogens with one attached hydrogen (secondary N) is 2. The van der Waals surface area contributed by atoms with E-state index in [0.29, 0.717) is 13.0 Å². The van der Waals surface area contributed by atoms with Gasteiger partial charge in [-0.15, -0.1) is 0 Å². The van der Waals surface area contributed by atoms with Crippen LogP contribution >= 0.6 is 0 Å². The zero-order chi connectivity index (χ0) is 11.8. The van der Waals surface area contributed by atoms with Gasteiger partial charge >= 0.3 is 6.03 Å². The summed E-state index contributed by atoms with van der Waals surface area (Å²) < 4.78 is 0. The first-order valence-corrected chi connectivity index (χ1v) is 5.45. The molecule has 4 heteroatoms. The summed E-state index contributed by atoms with van der Waals surface area (Å²) in [5.41, 5.74) is 1.10. The van der Waals surface area contributed by atoms with Crippen LogP contribution in [0.3, 0.4) is 0 Å². The minimum Gasteiger partial charge on any atom is -0.394 e. The second kappa shape index (κ2) is 6.85. The van der Waals surface area contributed by atoms with E-state index in [1.54, 1.807) is 0 Å². The van der Waals surface area contributed by atoms with Gasteiger partial charge in [-0.2, -0.15) is 0 Å². The first kappa shape index (κ1) is 12.5. The second-order valence-electron chi connectivity index (χ2n) is 3.57. The van der Waals surface area contributed by atoms with E-state index < -0.39 is 0 Å². The van der Waals surface area contributed by atoms with Crippen molar-refractivity contribution in [1.29, 1.82) is 0 Å². The first-order chi connectivity index (χ1) is 7.76. The van der Waals surface area contributed by atoms with E-state index in [2.05, 4.69) is 10.6 Å². The van der Waals surface area contributed by atoms with Gasteiger partial charge in [0.15, 0.2) is 0 Å². The Morgan fingerprint density at radius 3 is 2.62 bits per heavy atom. The minimum absolute atomic E-state index is 0.0635. The van der Waals surface area contributed by atoms with Gasteiger partial charge in [0.2, 0.25) is 0 Å². The lowest BCUT2D eigenvalue weighted by Gasteiger charge is -2.16. The third-order valence-electron chi connectivity index (χ3n) is 2.22. The molecule has 1 aromatic carbocycles. The summed E-state index contributed by atoms with van der Waals surface area (Å²) in [6, 6.07) is 9.29. The molecule has 0 radical (unpaired) electrons. The first-order valence-electron chi connectivity index (χ1n) is 5.45. The summed E-state index contributed by atoms with van der Waals surface area (Å²) in [5.74, 6) is 0. The highest BCUT2D eigenvalue weighted by Gasteiger charge is 2.10. The van der Waals surface area contributed by atoms with Crippen molar-refractivity contribution in [2.24, 2.45) is 0 Å². The third-order valence-corrected chi connectivity index (χ3v) is 2.22. The van der Waals surface area contributed by atoms with Gasteiger partial charge in [-0.3, -0.25) is 0 Å². The van der Waals surface area contributed by atoms with E-state index in [0.717, 1.165) is 5.56 Å². The summed E-state index contributed by atoms with van der Waals surface area (Å²) >= 11 is 0. The third kappa shape index (κ3) is 4.31. The van der Waals surface area contributed by atoms with Crippen molar-refractivity contribution in [3.8, 4) is 0 Å². The maximum Gasteiger partial charge on any atom is 0.315 e. The molecule has 1 aromatic rings. The van der Waals surface area contributed by atoms with E-state index in [4.69, 9.17) is 5.11 Å². The minimum atomic E-state index is -0.242. The van der Waals surface area contributed by atoms with Gasteiger partial charge in [0.1, 0.15) is 0 Å². The summed E-state index contributed by atoms with van der Waals surface area (Å²) in [6.45, 7) is 2.37. The SMILES string of the molecule is CCNC(=O)N[C@@H](CO)Cc1ccccc1. The fourth-order valence-corrected chi connectivity index (χ4v) is 1.46. The predicted octanol–water partition coefficient (Wildman–Crippen LogP) is 0.909. The molecule has 0 unspecified atom stereocenters. The van der Waals surface area contributed by atoms with Crippen LogP contribution < -0.4 is 10.6 Å². The van der Waals surface area contributed by atoms with E-state index in [1.807, 2.05) is 37.3 Å². The highest BCUT2D eigenvalue weighted by atomic mass is 16.3. The topological polar surface area (TPSA) is 61.4 Å². The number of hydrogen-bond acceptors (Lipinski definition) is 2. The Kier molecular flexibility index (Phi) is 5.36. The molecular weight excluding hydrogens is 204 g/mol. The monoisotopic (exact) mass is 222 g/mol. The van der Waals surface area contributed by atoms with E-state index in [1.165, 1.54) is 0 Å². The average Bonchev–Trinajstić information content (AvgIpc) is 2.30. The molecule has 1 rings (SSSR count). The number of benzene rings is 1. The molecule has 4 nitrogen and oxygen atoms in total. The highest BCUT2D eigenvalue weighted by molar-refractivity contribution is 5.74. The largest absolute Gasteiger partial charge is 0.394 e. The Hall–Kier alpha value is -1.55. The number of urea groups is 1. The molecule has 0 aliphatic heterocycles. The molecule has 88 valence electrons. The Balaban J connectivity index is 2.46. The van der Waals surface area contributed by atoms with Crippen molar-refractivity contribution >= 4 is 6.03 Å². The highest BCUT2D eigenvalue weighted by Crippen LogP contribution is 2.02. The molecule has 16 heavy (non-hydrogen) atoms. The fraction of sp³-hybridized carbons (Fsp3) is 0.417. The summed E-state index contributed by atoms with van der Waals surface area (Å²) in [4.78, 5) is 11.3. The van der Waals surface area contributed by atoms with E-state index in [9.17, 15) is 4.79 Å². The second-order valence-corrected chi connectivity index (χ2v) is 3.57. The molecule has 0 fully saturated rings. The zero-order valence-electron chi connectivity index (χ0n) is 9.44. The number of aliphatic hydroxyl groups is 1. The Morgan fingerprint density at radius 2 is 2.06 bits per heavy atom. The molecule has 0 heterocycles. The predicted molar refractivity (Wildman–Crippen MR) is 63.2 cm³/mol. The lowest BCUT2D eigenvalue weighted by molar-refractivity contribution is 0.216. The van der Waals surface area contributed by atoms with Crippen LogP contribution in [-0.4, -0.2) is 30.3 Å². The molecule has 0 saturated carbocycles. The molecule has 0 saturated heterocycles. The van der Waals surface area contributed by atoms with Gasteiger partial charge < -0.3 is 15.7 Å². The normalized spacial score (nSPS) is 11.9. The van der Waals surface area contributed by atoms with Gasteiger partial charge in [-0.25, -0.2) is 4.79 Å². The lowest BCUT2D eigenvalue weighted by Crippen LogP contribution is -2.44. The summed E-state index contributed by atoms with van der Waals surface area (Å²) in [6.07, 6.45) is 0.633. The molecule has 0 bridgehead atoms. The smallest absolute Gasteiger partial charge is 0.315 e. The van der Waals surface area contributed by atoms with Gasteiger partial charge in [0, 0.05) is 6.54 Å². The molecule has 0 aliphatic rings. The average molecular weight is 222 g/mol. The Morgan fingerprint density at radius 1 is 1.38 bits per heavy atom. The standard InChI is InChI=1S/C12H18N2O2/c1-2-13-12(16)14-11(9-15)8-10-6-4-3-5-7-10/h3-7,11,15H,2,8-9H2,1H3,(H2,13,14,16)/t11-/m1/s1. The number of hydrogen-bond donors (Lipinski definition) is 3. The number of carbonyl (C=O) groups is 1. The van der Waals surface area contributed by atoms with Gasteiger partial charge in [0.25, 0.3) is 0 Å². The van der Waals surface area contributed by atoms with Crippen LogP contribution in [0.5, 0.6) is 0 Å². The van der Waals surface area contributed by atoms with Crippen LogP contribution in [0, 0.1) is 0 Å². The molecule has 0 aliphatic carbocycles. The van der Waals surface area contributed by atoms with Gasteiger partial charge in [0.05, 0.1) is 12.6 Å². The molecule has 1 atom stereocenters. The summed E-state index contributed by atoms with van der Waals surface area (Å²) in [7, 11) is 0. The zero-order valence-corrected chi connectivity index (χ0v) is 9.44. The maximum absolute atomic E-state index is 11.3. The molecule has 0 aromatic heterocycles. The molecule has 0 spiro atoms. The van der Waals surface area contributed by atoms with Crippen molar-refractivity contribution in [2.45, 2.75) is 19.4 Å². The van der Waals surface area contributed by atoms with Gasteiger partial charge in [-0.1, -0.05) is 30.3 Å². The van der Waals surface area contributed by atoms with Crippen molar-refractivity contribution in [2.75, 3.05) is 13.2 Å². The Labute approximate surface area is 95.7 Å². The van der Waals surface area contributed by atoms with Crippen LogP contribution in [0.4, 0.5) is 4.79 Å². The molecule has 3 N–H and O–H groups in total. The van der Waals surface area contributed by atoms with Crippen molar-refractivity contribution < 1.29 is 9.90 Å². The van der Waals surface area contributed by atoms with Crippen LogP contribution in [-0.2, 0) is 6.42 Å². The quantitative estimate of drug-likeness (QED) is 0.693. The maximum atomic E-state index is 11.3.